The van der Waals surface area contributed by atoms with Gasteiger partial charge in [0.1, 0.15) is 0 Å². The second kappa shape index (κ2) is 7.41. The summed E-state index contributed by atoms with van der Waals surface area (Å²) in [5.41, 5.74) is 12.0. The number of ether oxygens (including phenoxy) is 1. The number of benzene rings is 1. The van der Waals surface area contributed by atoms with Crippen LogP contribution in [0.4, 0.5) is 11.9 Å². The zero-order valence-electron chi connectivity index (χ0n) is 11.7. The van der Waals surface area contributed by atoms with E-state index in [4.69, 9.17) is 16.2 Å². The average molecular weight is 384 g/mol. The van der Waals surface area contributed by atoms with Crippen LogP contribution in [0.25, 0.3) is 0 Å². The standard InChI is InChI=1S/C13H14BrN5O2S/c1-7-4-8(14)2-3-9(7)22-6-11(20)21-5-10-17-12(15)19-13(16)18-10/h2-4H,5-6H2,1H3,(H4,15,16,17,18,19). The monoisotopic (exact) mass is 383 g/mol. The Labute approximate surface area is 140 Å². The second-order valence-corrected chi connectivity index (χ2v) is 6.26. The molecule has 0 amide bonds. The molecule has 0 aliphatic carbocycles. The summed E-state index contributed by atoms with van der Waals surface area (Å²) >= 11 is 4.81. The van der Waals surface area contributed by atoms with E-state index >= 15 is 0 Å². The summed E-state index contributed by atoms with van der Waals surface area (Å²) in [6.45, 7) is 1.89. The van der Waals surface area contributed by atoms with Gasteiger partial charge in [0.2, 0.25) is 11.9 Å². The maximum atomic E-state index is 11.8. The number of aromatic nitrogens is 3. The maximum absolute atomic E-state index is 11.8. The maximum Gasteiger partial charge on any atom is 0.316 e. The second-order valence-electron chi connectivity index (χ2n) is 4.33. The number of carbonyl (C=O) groups is 1. The van der Waals surface area contributed by atoms with Gasteiger partial charge in [-0.1, -0.05) is 15.9 Å². The van der Waals surface area contributed by atoms with Crippen molar-refractivity contribution in [3.8, 4) is 0 Å². The molecule has 1 aromatic heterocycles. The molecule has 0 atom stereocenters. The normalized spacial score (nSPS) is 10.5. The third-order valence-corrected chi connectivity index (χ3v) is 4.20. The Morgan fingerprint density at radius 3 is 2.59 bits per heavy atom. The van der Waals surface area contributed by atoms with Gasteiger partial charge in [-0.25, -0.2) is 0 Å². The Morgan fingerprint density at radius 2 is 1.95 bits per heavy atom. The number of esters is 1. The molecule has 2 aromatic rings. The highest BCUT2D eigenvalue weighted by atomic mass is 79.9. The number of nitrogens with zero attached hydrogens (tertiary/aromatic N) is 3. The molecular weight excluding hydrogens is 370 g/mol. The van der Waals surface area contributed by atoms with Gasteiger partial charge < -0.3 is 16.2 Å². The molecule has 9 heteroatoms. The van der Waals surface area contributed by atoms with Crippen LogP contribution in [0.3, 0.4) is 0 Å². The first-order chi connectivity index (χ1) is 10.4. The lowest BCUT2D eigenvalue weighted by Crippen LogP contribution is -2.12. The molecule has 1 aromatic carbocycles. The fourth-order valence-corrected chi connectivity index (χ4v) is 2.90. The predicted octanol–water partition coefficient (Wildman–Crippen LogP) is 1.94. The minimum absolute atomic E-state index is 0.00147. The van der Waals surface area contributed by atoms with E-state index in [-0.39, 0.29) is 36.1 Å². The van der Waals surface area contributed by atoms with Gasteiger partial charge >= 0.3 is 5.97 Å². The van der Waals surface area contributed by atoms with Gasteiger partial charge in [-0.2, -0.15) is 15.0 Å². The number of nitrogens with two attached hydrogens (primary N) is 2. The largest absolute Gasteiger partial charge is 0.457 e. The summed E-state index contributed by atoms with van der Waals surface area (Å²) in [7, 11) is 0. The van der Waals surface area contributed by atoms with Gasteiger partial charge in [0.25, 0.3) is 0 Å². The summed E-state index contributed by atoms with van der Waals surface area (Å²) in [5.74, 6) is 0.0447. The SMILES string of the molecule is Cc1cc(Br)ccc1SCC(=O)OCc1nc(N)nc(N)n1. The summed E-state index contributed by atoms with van der Waals surface area (Å²) < 4.78 is 6.09. The number of halogens is 1. The van der Waals surface area contributed by atoms with E-state index in [1.807, 2.05) is 25.1 Å². The molecule has 0 radical (unpaired) electrons. The molecule has 0 aliphatic rings. The van der Waals surface area contributed by atoms with Crippen molar-refractivity contribution in [2.45, 2.75) is 18.4 Å². The minimum atomic E-state index is -0.370. The van der Waals surface area contributed by atoms with Gasteiger partial charge in [-0.05, 0) is 30.7 Å². The lowest BCUT2D eigenvalue weighted by molar-refractivity contribution is -0.141. The van der Waals surface area contributed by atoms with Gasteiger partial charge in [-0.3, -0.25) is 4.79 Å². The van der Waals surface area contributed by atoms with Crippen LogP contribution >= 0.6 is 27.7 Å². The summed E-state index contributed by atoms with van der Waals surface area (Å²) in [4.78, 5) is 24.1. The van der Waals surface area contributed by atoms with E-state index in [0.717, 1.165) is 14.9 Å². The van der Waals surface area contributed by atoms with Crippen LogP contribution in [0.1, 0.15) is 11.4 Å². The van der Waals surface area contributed by atoms with Crippen LogP contribution in [-0.2, 0) is 16.1 Å². The van der Waals surface area contributed by atoms with E-state index in [1.165, 1.54) is 11.8 Å². The van der Waals surface area contributed by atoms with Gasteiger partial charge in [0, 0.05) is 9.37 Å². The molecule has 0 spiro atoms. The third kappa shape index (κ3) is 4.85. The number of hydrogen-bond acceptors (Lipinski definition) is 8. The van der Waals surface area contributed by atoms with Crippen LogP contribution < -0.4 is 11.5 Å². The Bertz CT molecular complexity index is 678. The van der Waals surface area contributed by atoms with Crippen molar-refractivity contribution in [3.63, 3.8) is 0 Å². The Morgan fingerprint density at radius 1 is 1.27 bits per heavy atom. The molecule has 22 heavy (non-hydrogen) atoms. The van der Waals surface area contributed by atoms with Crippen molar-refractivity contribution in [1.82, 2.24) is 15.0 Å². The number of carbonyl (C=O) groups excluding carboxylic acids is 1. The van der Waals surface area contributed by atoms with Crippen molar-refractivity contribution in [1.29, 1.82) is 0 Å². The first kappa shape index (κ1) is 16.5. The molecular formula is C13H14BrN5O2S. The van der Waals surface area contributed by atoms with Crippen molar-refractivity contribution in [2.24, 2.45) is 0 Å². The Kier molecular flexibility index (Phi) is 5.56. The van der Waals surface area contributed by atoms with Crippen molar-refractivity contribution in [3.05, 3.63) is 34.1 Å². The molecule has 0 aliphatic heterocycles. The first-order valence-corrected chi connectivity index (χ1v) is 8.02. The van der Waals surface area contributed by atoms with E-state index < -0.39 is 0 Å². The van der Waals surface area contributed by atoms with Crippen molar-refractivity contribution in [2.75, 3.05) is 17.2 Å². The number of aryl methyl sites for hydroxylation is 1. The fourth-order valence-electron chi connectivity index (χ4n) is 1.62. The molecule has 0 fully saturated rings. The van der Waals surface area contributed by atoms with E-state index in [1.54, 1.807) is 0 Å². The molecule has 0 saturated heterocycles. The van der Waals surface area contributed by atoms with E-state index in [2.05, 4.69) is 30.9 Å². The van der Waals surface area contributed by atoms with Gasteiger partial charge in [0.05, 0.1) is 5.75 Å². The highest BCUT2D eigenvalue weighted by molar-refractivity contribution is 9.10. The van der Waals surface area contributed by atoms with E-state index in [9.17, 15) is 4.79 Å². The number of rotatable bonds is 5. The molecule has 4 N–H and O–H groups in total. The number of nitrogen functional groups attached to an aromatic ring is 2. The molecule has 116 valence electrons. The van der Waals surface area contributed by atoms with Crippen LogP contribution in [-0.4, -0.2) is 26.7 Å². The zero-order valence-corrected chi connectivity index (χ0v) is 14.1. The lowest BCUT2D eigenvalue weighted by atomic mass is 10.2. The summed E-state index contributed by atoms with van der Waals surface area (Å²) in [5, 5.41) is 0. The topological polar surface area (TPSA) is 117 Å². The molecule has 0 unspecified atom stereocenters. The number of anilines is 2. The average Bonchev–Trinajstić information content (AvgIpc) is 2.43. The smallest absolute Gasteiger partial charge is 0.316 e. The first-order valence-electron chi connectivity index (χ1n) is 6.24. The van der Waals surface area contributed by atoms with Crippen LogP contribution in [0.2, 0.25) is 0 Å². The van der Waals surface area contributed by atoms with Gasteiger partial charge in [-0.15, -0.1) is 11.8 Å². The van der Waals surface area contributed by atoms with Crippen LogP contribution in [0.5, 0.6) is 0 Å². The van der Waals surface area contributed by atoms with Crippen LogP contribution in [0, 0.1) is 6.92 Å². The molecule has 1 heterocycles. The molecule has 2 rings (SSSR count). The fraction of sp³-hybridized carbons (Fsp3) is 0.231. The summed E-state index contributed by atoms with van der Waals surface area (Å²) in [6.07, 6.45) is 0. The Hall–Kier alpha value is -1.87. The number of thioether (sulfide) groups is 1. The minimum Gasteiger partial charge on any atom is -0.457 e. The third-order valence-electron chi connectivity index (χ3n) is 2.56. The highest BCUT2D eigenvalue weighted by Gasteiger charge is 2.09. The van der Waals surface area contributed by atoms with Crippen LogP contribution in [0.15, 0.2) is 27.6 Å². The van der Waals surface area contributed by atoms with Crippen molar-refractivity contribution >= 4 is 45.6 Å². The van der Waals surface area contributed by atoms with Gasteiger partial charge in [0.15, 0.2) is 12.4 Å². The molecule has 0 bridgehead atoms. The summed E-state index contributed by atoms with van der Waals surface area (Å²) in [6, 6.07) is 5.87. The lowest BCUT2D eigenvalue weighted by Gasteiger charge is -2.07. The number of hydrogen-bond donors (Lipinski definition) is 2. The quantitative estimate of drug-likeness (QED) is 0.593. The Balaban J connectivity index is 1.85. The van der Waals surface area contributed by atoms with Crippen molar-refractivity contribution < 1.29 is 9.53 Å². The van der Waals surface area contributed by atoms with E-state index in [0.29, 0.717) is 0 Å². The molecule has 7 nitrogen and oxygen atoms in total. The highest BCUT2D eigenvalue weighted by Crippen LogP contribution is 2.25. The predicted molar refractivity (Wildman–Crippen MR) is 88.1 cm³/mol. The molecule has 0 saturated carbocycles. The zero-order chi connectivity index (χ0) is 16.1.